The van der Waals surface area contributed by atoms with Crippen LogP contribution in [-0.4, -0.2) is 17.4 Å². The lowest BCUT2D eigenvalue weighted by atomic mass is 10.1. The van der Waals surface area contributed by atoms with Crippen LogP contribution >= 0.6 is 23.2 Å². The molecule has 0 saturated carbocycles. The van der Waals surface area contributed by atoms with Gasteiger partial charge >= 0.3 is 0 Å². The van der Waals surface area contributed by atoms with Crippen LogP contribution in [0.4, 0.5) is 5.69 Å². The third-order valence-corrected chi connectivity index (χ3v) is 5.01. The molecule has 0 aliphatic carbocycles. The van der Waals surface area contributed by atoms with Crippen LogP contribution in [0.15, 0.2) is 73.0 Å². The summed E-state index contributed by atoms with van der Waals surface area (Å²) in [5.41, 5.74) is 9.82. The maximum absolute atomic E-state index is 12.8. The number of rotatable bonds is 7. The predicted molar refractivity (Wildman–Crippen MR) is 117 cm³/mol. The largest absolute Gasteiger partial charge is 0.405 e. The Labute approximate surface area is 174 Å². The molecule has 0 radical (unpaired) electrons. The van der Waals surface area contributed by atoms with E-state index < -0.39 is 0 Å². The van der Waals surface area contributed by atoms with Crippen LogP contribution < -0.4 is 11.1 Å². The first kappa shape index (κ1) is 20.1. The molecule has 0 saturated heterocycles. The first-order chi connectivity index (χ1) is 13.5. The highest BCUT2D eigenvalue weighted by Crippen LogP contribution is 2.33. The molecule has 2 aromatic rings. The summed E-state index contributed by atoms with van der Waals surface area (Å²) in [5.74, 6) is -0.0557. The Kier molecular flexibility index (Phi) is 6.45. The second-order valence-corrected chi connectivity index (χ2v) is 7.31. The average molecular weight is 414 g/mol. The van der Waals surface area contributed by atoms with Crippen molar-refractivity contribution in [3.63, 3.8) is 0 Å². The van der Waals surface area contributed by atoms with Gasteiger partial charge in [0.25, 0.3) is 5.91 Å². The monoisotopic (exact) mass is 413 g/mol. The summed E-state index contributed by atoms with van der Waals surface area (Å²) < 4.78 is 0. The maximum Gasteiger partial charge on any atom is 0.256 e. The number of allylic oxidation sites excluding steroid dienone is 2. The minimum absolute atomic E-state index is 0.0557. The van der Waals surface area contributed by atoms with Gasteiger partial charge in [-0.2, -0.15) is 0 Å². The van der Waals surface area contributed by atoms with Crippen LogP contribution in [0.1, 0.15) is 21.5 Å². The van der Waals surface area contributed by atoms with E-state index in [-0.39, 0.29) is 5.91 Å². The van der Waals surface area contributed by atoms with Crippen molar-refractivity contribution in [1.82, 2.24) is 4.90 Å². The van der Waals surface area contributed by atoms with E-state index in [9.17, 15) is 4.79 Å². The van der Waals surface area contributed by atoms with Gasteiger partial charge in [-0.3, -0.25) is 4.79 Å². The molecule has 3 rings (SSSR count). The molecule has 28 heavy (non-hydrogen) atoms. The normalized spacial score (nSPS) is 13.9. The number of hydrogen-bond donors (Lipinski definition) is 2. The number of nitrogens with two attached hydrogens (primary N) is 1. The lowest BCUT2D eigenvalue weighted by Gasteiger charge is -2.15. The Bertz CT molecular complexity index is 949. The van der Waals surface area contributed by atoms with Gasteiger partial charge in [0.1, 0.15) is 0 Å². The zero-order valence-electron chi connectivity index (χ0n) is 15.3. The molecule has 1 aliphatic heterocycles. The molecule has 1 heterocycles. The molecule has 1 amide bonds. The van der Waals surface area contributed by atoms with Crippen molar-refractivity contribution in [3.05, 3.63) is 99.7 Å². The second-order valence-electron chi connectivity index (χ2n) is 6.47. The fourth-order valence-electron chi connectivity index (χ4n) is 3.16. The predicted octanol–water partition coefficient (Wildman–Crippen LogP) is 5.15. The number of carbonyl (C=O) groups excluding carboxylic acids is 1. The van der Waals surface area contributed by atoms with E-state index in [1.165, 1.54) is 6.20 Å². The number of benzene rings is 2. The zero-order valence-corrected chi connectivity index (χ0v) is 16.8. The van der Waals surface area contributed by atoms with E-state index >= 15 is 0 Å². The Morgan fingerprint density at radius 1 is 1.25 bits per heavy atom. The zero-order chi connectivity index (χ0) is 20.1. The summed E-state index contributed by atoms with van der Waals surface area (Å²) in [6.45, 7) is 5.30. The van der Waals surface area contributed by atoms with E-state index in [1.807, 2.05) is 36.4 Å². The summed E-state index contributed by atoms with van der Waals surface area (Å²) in [7, 11) is 0. The van der Waals surface area contributed by atoms with Gasteiger partial charge in [-0.05, 0) is 53.2 Å². The van der Waals surface area contributed by atoms with E-state index in [1.54, 1.807) is 23.1 Å². The van der Waals surface area contributed by atoms with Crippen LogP contribution in [0.3, 0.4) is 0 Å². The van der Waals surface area contributed by atoms with Gasteiger partial charge in [-0.25, -0.2) is 0 Å². The van der Waals surface area contributed by atoms with Crippen LogP contribution in [0.25, 0.3) is 0 Å². The first-order valence-corrected chi connectivity index (χ1v) is 9.57. The number of carbonyl (C=O) groups is 1. The molecule has 4 nitrogen and oxygen atoms in total. The van der Waals surface area contributed by atoms with Gasteiger partial charge < -0.3 is 16.0 Å². The molecular formula is C22H21Cl2N3O. The smallest absolute Gasteiger partial charge is 0.256 e. The van der Waals surface area contributed by atoms with Crippen LogP contribution in [0.5, 0.6) is 0 Å². The van der Waals surface area contributed by atoms with Crippen molar-refractivity contribution in [2.45, 2.75) is 13.1 Å². The summed E-state index contributed by atoms with van der Waals surface area (Å²) in [6.07, 6.45) is 6.88. The standard InChI is InChI=1S/C22H21Cl2N3O/c1-2-3-15(8-9-25)12-26-19-10-17-14-27(22(28)21(17)20(24)11-19)13-16-4-6-18(23)7-5-16/h2-11,26H,1,12-14,25H2/b9-8-,15-3+. The number of nitrogens with zero attached hydrogens (tertiary/aromatic N) is 1. The molecule has 0 fully saturated rings. The van der Waals surface area contributed by atoms with Gasteiger partial charge in [0.2, 0.25) is 0 Å². The van der Waals surface area contributed by atoms with E-state index in [0.717, 1.165) is 22.4 Å². The Hall–Kier alpha value is -2.69. The van der Waals surface area contributed by atoms with Gasteiger partial charge in [0.05, 0.1) is 10.6 Å². The highest BCUT2D eigenvalue weighted by atomic mass is 35.5. The number of halogens is 2. The van der Waals surface area contributed by atoms with E-state index in [2.05, 4.69) is 11.9 Å². The van der Waals surface area contributed by atoms with Crippen molar-refractivity contribution in [3.8, 4) is 0 Å². The molecule has 0 spiro atoms. The molecule has 3 N–H and O–H groups in total. The Morgan fingerprint density at radius 2 is 2.00 bits per heavy atom. The van der Waals surface area contributed by atoms with E-state index in [0.29, 0.717) is 35.2 Å². The average Bonchev–Trinajstić information content (AvgIpc) is 2.98. The minimum atomic E-state index is -0.0557. The Morgan fingerprint density at radius 3 is 2.68 bits per heavy atom. The second kappa shape index (κ2) is 9.00. The summed E-state index contributed by atoms with van der Waals surface area (Å²) >= 11 is 12.4. The highest BCUT2D eigenvalue weighted by Gasteiger charge is 2.30. The van der Waals surface area contributed by atoms with Gasteiger partial charge in [-0.15, -0.1) is 0 Å². The quantitative estimate of drug-likeness (QED) is 0.617. The summed E-state index contributed by atoms with van der Waals surface area (Å²) in [5, 5.41) is 4.44. The molecule has 1 aliphatic rings. The first-order valence-electron chi connectivity index (χ1n) is 8.81. The number of fused-ring (bicyclic) bond motifs is 1. The van der Waals surface area contributed by atoms with E-state index in [4.69, 9.17) is 28.9 Å². The molecule has 0 bridgehead atoms. The van der Waals surface area contributed by atoms with Crippen molar-refractivity contribution in [2.75, 3.05) is 11.9 Å². The van der Waals surface area contributed by atoms with Crippen molar-refractivity contribution in [2.24, 2.45) is 5.73 Å². The molecule has 2 aromatic carbocycles. The molecule has 0 atom stereocenters. The molecule has 0 unspecified atom stereocenters. The summed E-state index contributed by atoms with van der Waals surface area (Å²) in [6, 6.07) is 11.2. The maximum atomic E-state index is 12.8. The molecule has 6 heteroatoms. The van der Waals surface area contributed by atoms with Gasteiger partial charge in [0.15, 0.2) is 0 Å². The number of hydrogen-bond acceptors (Lipinski definition) is 3. The third kappa shape index (κ3) is 4.58. The Balaban J connectivity index is 1.75. The molecule has 0 aromatic heterocycles. The van der Waals surface area contributed by atoms with Crippen LogP contribution in [0, 0.1) is 0 Å². The van der Waals surface area contributed by atoms with Crippen molar-refractivity contribution in [1.29, 1.82) is 0 Å². The molecule has 144 valence electrons. The SMILES string of the molecule is C=C/C=C(\C=C/N)CNc1cc(Cl)c2c(c1)CN(Cc1ccc(Cl)cc1)C2=O. The van der Waals surface area contributed by atoms with Gasteiger partial charge in [-0.1, -0.05) is 54.1 Å². The lowest BCUT2D eigenvalue weighted by molar-refractivity contribution is 0.0767. The molecular weight excluding hydrogens is 393 g/mol. The third-order valence-electron chi connectivity index (χ3n) is 4.46. The van der Waals surface area contributed by atoms with Gasteiger partial charge in [0, 0.05) is 30.3 Å². The number of amides is 1. The van der Waals surface area contributed by atoms with Crippen LogP contribution in [-0.2, 0) is 13.1 Å². The number of nitrogens with one attached hydrogen (secondary N) is 1. The van der Waals surface area contributed by atoms with Crippen molar-refractivity contribution < 1.29 is 4.79 Å². The fourth-order valence-corrected chi connectivity index (χ4v) is 3.60. The highest BCUT2D eigenvalue weighted by molar-refractivity contribution is 6.34. The summed E-state index contributed by atoms with van der Waals surface area (Å²) in [4.78, 5) is 14.6. The lowest BCUT2D eigenvalue weighted by Crippen LogP contribution is -2.23. The fraction of sp³-hybridized carbons (Fsp3) is 0.136. The van der Waals surface area contributed by atoms with Crippen LogP contribution in [0.2, 0.25) is 10.0 Å². The minimum Gasteiger partial charge on any atom is -0.405 e. The topological polar surface area (TPSA) is 58.4 Å². The number of anilines is 1. The van der Waals surface area contributed by atoms with Crippen molar-refractivity contribution >= 4 is 34.8 Å².